The van der Waals surface area contributed by atoms with E-state index in [1.807, 2.05) is 0 Å². The molecule has 4 nitrogen and oxygen atoms in total. The molecule has 0 atom stereocenters. The van der Waals surface area contributed by atoms with Gasteiger partial charge >= 0.3 is 0 Å². The van der Waals surface area contributed by atoms with Gasteiger partial charge in [-0.25, -0.2) is 4.39 Å². The van der Waals surface area contributed by atoms with E-state index in [0.29, 0.717) is 0 Å². The molecule has 0 heterocycles. The van der Waals surface area contributed by atoms with Crippen LogP contribution < -0.4 is 11.1 Å². The number of para-hydroxylation sites is 1. The number of carbonyl (C=O) groups is 2. The third kappa shape index (κ3) is 2.95. The van der Waals surface area contributed by atoms with Crippen LogP contribution in [0.1, 0.15) is 20.7 Å². The zero-order valence-electron chi connectivity index (χ0n) is 10.2. The number of rotatable bonds is 3. The predicted molar refractivity (Wildman–Crippen MR) is 74.3 cm³/mol. The molecule has 0 saturated carbocycles. The topological polar surface area (TPSA) is 72.2 Å². The second-order valence-corrected chi connectivity index (χ2v) is 4.40. The first kappa shape index (κ1) is 14.0. The van der Waals surface area contributed by atoms with Crippen LogP contribution >= 0.6 is 11.6 Å². The summed E-state index contributed by atoms with van der Waals surface area (Å²) >= 11 is 5.81. The van der Waals surface area contributed by atoms with Gasteiger partial charge in [-0.15, -0.1) is 0 Å². The number of amides is 2. The first-order valence-corrected chi connectivity index (χ1v) is 6.02. The fourth-order valence-corrected chi connectivity index (χ4v) is 1.83. The zero-order valence-corrected chi connectivity index (χ0v) is 10.9. The number of benzene rings is 2. The molecule has 3 N–H and O–H groups in total. The molecule has 0 aliphatic carbocycles. The SMILES string of the molecule is NC(=O)c1cccc(C(=O)Nc2c(F)cccc2Cl)c1. The lowest BCUT2D eigenvalue weighted by Crippen LogP contribution is -2.16. The van der Waals surface area contributed by atoms with E-state index in [1.165, 1.54) is 42.5 Å². The fourth-order valence-electron chi connectivity index (χ4n) is 1.62. The van der Waals surface area contributed by atoms with Crippen LogP contribution in [0.25, 0.3) is 0 Å². The second-order valence-electron chi connectivity index (χ2n) is 4.00. The van der Waals surface area contributed by atoms with E-state index >= 15 is 0 Å². The normalized spacial score (nSPS) is 10.1. The van der Waals surface area contributed by atoms with E-state index in [-0.39, 0.29) is 21.8 Å². The van der Waals surface area contributed by atoms with Crippen molar-refractivity contribution in [1.29, 1.82) is 0 Å². The van der Waals surface area contributed by atoms with Crippen LogP contribution in [0.5, 0.6) is 0 Å². The standard InChI is InChI=1S/C14H10ClFN2O2/c15-10-5-2-6-11(16)12(10)18-14(20)9-4-1-3-8(7-9)13(17)19/h1-7H,(H2,17,19)(H,18,20). The van der Waals surface area contributed by atoms with Crippen molar-refractivity contribution in [2.45, 2.75) is 0 Å². The minimum atomic E-state index is -0.649. The number of carbonyl (C=O) groups excluding carboxylic acids is 2. The molecule has 102 valence electrons. The zero-order chi connectivity index (χ0) is 14.7. The number of primary amides is 1. The van der Waals surface area contributed by atoms with Gasteiger partial charge in [0.25, 0.3) is 5.91 Å². The Kier molecular flexibility index (Phi) is 4.00. The van der Waals surface area contributed by atoms with Gasteiger partial charge in [0.1, 0.15) is 5.82 Å². The number of hydrogen-bond donors (Lipinski definition) is 2. The van der Waals surface area contributed by atoms with Crippen LogP contribution in [0.15, 0.2) is 42.5 Å². The Morgan fingerprint density at radius 1 is 1.10 bits per heavy atom. The van der Waals surface area contributed by atoms with Crippen LogP contribution in [-0.2, 0) is 0 Å². The van der Waals surface area contributed by atoms with E-state index in [2.05, 4.69) is 5.32 Å². The molecule has 0 spiro atoms. The highest BCUT2D eigenvalue weighted by Crippen LogP contribution is 2.25. The van der Waals surface area contributed by atoms with Crippen molar-refractivity contribution in [2.75, 3.05) is 5.32 Å². The predicted octanol–water partition coefficient (Wildman–Crippen LogP) is 2.83. The average molecular weight is 293 g/mol. The number of nitrogens with one attached hydrogen (secondary N) is 1. The largest absolute Gasteiger partial charge is 0.366 e. The number of halogens is 2. The molecule has 2 amide bonds. The Hall–Kier alpha value is -2.40. The van der Waals surface area contributed by atoms with Crippen LogP contribution in [0.2, 0.25) is 5.02 Å². The Labute approximate surface area is 119 Å². The van der Waals surface area contributed by atoms with Gasteiger partial charge in [0, 0.05) is 11.1 Å². The lowest BCUT2D eigenvalue weighted by molar-refractivity contribution is 0.1000. The first-order chi connectivity index (χ1) is 9.49. The summed E-state index contributed by atoms with van der Waals surface area (Å²) in [6, 6.07) is 9.87. The molecule has 20 heavy (non-hydrogen) atoms. The van der Waals surface area contributed by atoms with Crippen molar-refractivity contribution in [3.05, 3.63) is 64.4 Å². The summed E-state index contributed by atoms with van der Waals surface area (Å²) in [6.07, 6.45) is 0. The van der Waals surface area contributed by atoms with E-state index in [0.717, 1.165) is 0 Å². The van der Waals surface area contributed by atoms with Gasteiger partial charge in [0.05, 0.1) is 10.7 Å². The minimum absolute atomic E-state index is 0.0874. The summed E-state index contributed by atoms with van der Waals surface area (Å²) in [6.45, 7) is 0. The van der Waals surface area contributed by atoms with Crippen molar-refractivity contribution in [3.8, 4) is 0 Å². The van der Waals surface area contributed by atoms with Gasteiger partial charge in [-0.1, -0.05) is 23.7 Å². The Bertz CT molecular complexity index is 668. The van der Waals surface area contributed by atoms with Crippen LogP contribution in [0.4, 0.5) is 10.1 Å². The smallest absolute Gasteiger partial charge is 0.255 e. The molecule has 0 aliphatic rings. The monoisotopic (exact) mass is 292 g/mol. The highest BCUT2D eigenvalue weighted by molar-refractivity contribution is 6.34. The molecular formula is C14H10ClFN2O2. The molecule has 0 aromatic heterocycles. The Morgan fingerprint density at radius 3 is 2.40 bits per heavy atom. The van der Waals surface area contributed by atoms with Gasteiger partial charge in [0.2, 0.25) is 5.91 Å². The molecule has 6 heteroatoms. The molecule has 0 fully saturated rings. The van der Waals surface area contributed by atoms with E-state index in [9.17, 15) is 14.0 Å². The summed E-state index contributed by atoms with van der Waals surface area (Å²) in [7, 11) is 0. The Balaban J connectivity index is 2.29. The lowest BCUT2D eigenvalue weighted by Gasteiger charge is -2.08. The van der Waals surface area contributed by atoms with E-state index in [1.54, 1.807) is 0 Å². The van der Waals surface area contributed by atoms with Crippen molar-refractivity contribution >= 4 is 29.1 Å². The average Bonchev–Trinajstić information content (AvgIpc) is 2.43. The van der Waals surface area contributed by atoms with E-state index in [4.69, 9.17) is 17.3 Å². The third-order valence-electron chi connectivity index (χ3n) is 2.61. The lowest BCUT2D eigenvalue weighted by atomic mass is 10.1. The summed E-state index contributed by atoms with van der Waals surface area (Å²) in [5, 5.41) is 2.45. The number of hydrogen-bond acceptors (Lipinski definition) is 2. The summed E-state index contributed by atoms with van der Waals surface area (Å²) < 4.78 is 13.6. The van der Waals surface area contributed by atoms with Gasteiger partial charge in [-0.3, -0.25) is 9.59 Å². The van der Waals surface area contributed by atoms with Gasteiger partial charge in [0.15, 0.2) is 0 Å². The van der Waals surface area contributed by atoms with Crippen LogP contribution in [-0.4, -0.2) is 11.8 Å². The van der Waals surface area contributed by atoms with Crippen molar-refractivity contribution in [1.82, 2.24) is 0 Å². The minimum Gasteiger partial charge on any atom is -0.366 e. The van der Waals surface area contributed by atoms with Crippen LogP contribution in [0.3, 0.4) is 0 Å². The maximum atomic E-state index is 13.6. The quantitative estimate of drug-likeness (QED) is 0.913. The molecule has 2 aromatic carbocycles. The van der Waals surface area contributed by atoms with Crippen LogP contribution in [0, 0.1) is 5.82 Å². The number of nitrogens with two attached hydrogens (primary N) is 1. The molecular weight excluding hydrogens is 283 g/mol. The van der Waals surface area contributed by atoms with E-state index < -0.39 is 17.6 Å². The fraction of sp³-hybridized carbons (Fsp3) is 0. The molecule has 2 aromatic rings. The molecule has 0 unspecified atom stereocenters. The molecule has 0 bridgehead atoms. The molecule has 0 radical (unpaired) electrons. The summed E-state index contributed by atoms with van der Waals surface area (Å²) in [5.41, 5.74) is 5.40. The first-order valence-electron chi connectivity index (χ1n) is 5.64. The van der Waals surface area contributed by atoms with Gasteiger partial charge in [-0.2, -0.15) is 0 Å². The Morgan fingerprint density at radius 2 is 1.75 bits per heavy atom. The third-order valence-corrected chi connectivity index (χ3v) is 2.93. The van der Waals surface area contributed by atoms with Crippen molar-refractivity contribution < 1.29 is 14.0 Å². The second kappa shape index (κ2) is 5.71. The van der Waals surface area contributed by atoms with Crippen molar-refractivity contribution in [3.63, 3.8) is 0 Å². The maximum absolute atomic E-state index is 13.6. The van der Waals surface area contributed by atoms with Gasteiger partial charge < -0.3 is 11.1 Å². The summed E-state index contributed by atoms with van der Waals surface area (Å²) in [5.74, 6) is -1.87. The maximum Gasteiger partial charge on any atom is 0.255 e. The molecule has 2 rings (SSSR count). The molecule has 0 saturated heterocycles. The summed E-state index contributed by atoms with van der Waals surface area (Å²) in [4.78, 5) is 23.1. The van der Waals surface area contributed by atoms with Gasteiger partial charge in [-0.05, 0) is 30.3 Å². The number of anilines is 1. The highest BCUT2D eigenvalue weighted by atomic mass is 35.5. The highest BCUT2D eigenvalue weighted by Gasteiger charge is 2.13. The van der Waals surface area contributed by atoms with Crippen molar-refractivity contribution in [2.24, 2.45) is 5.73 Å². The molecule has 0 aliphatic heterocycles.